The minimum Gasteiger partial charge on any atom is -0.467 e. The number of halogens is 1. The summed E-state index contributed by atoms with van der Waals surface area (Å²) in [6.45, 7) is 2.30. The second-order valence-corrected chi connectivity index (χ2v) is 5.85. The standard InChI is InChI=1S/C16H14BrNO3/c1-10-13-8-11(17)5-6-14(13)21-15(10)16(19)18(2)9-12-4-3-7-20-12/h3-8H,9H2,1-2H3. The zero-order chi connectivity index (χ0) is 15.0. The molecule has 2 aromatic heterocycles. The summed E-state index contributed by atoms with van der Waals surface area (Å²) in [4.78, 5) is 14.1. The number of aryl methyl sites for hydroxylation is 1. The lowest BCUT2D eigenvalue weighted by Gasteiger charge is -2.14. The lowest BCUT2D eigenvalue weighted by atomic mass is 10.1. The topological polar surface area (TPSA) is 46.6 Å². The van der Waals surface area contributed by atoms with Crippen molar-refractivity contribution < 1.29 is 13.6 Å². The Hall–Kier alpha value is -2.01. The summed E-state index contributed by atoms with van der Waals surface area (Å²) in [6.07, 6.45) is 1.59. The van der Waals surface area contributed by atoms with E-state index in [-0.39, 0.29) is 5.91 Å². The smallest absolute Gasteiger partial charge is 0.290 e. The summed E-state index contributed by atoms with van der Waals surface area (Å²) >= 11 is 3.43. The summed E-state index contributed by atoms with van der Waals surface area (Å²) in [6, 6.07) is 9.35. The molecule has 3 aromatic rings. The number of furan rings is 2. The molecule has 2 heterocycles. The average molecular weight is 348 g/mol. The van der Waals surface area contributed by atoms with E-state index in [9.17, 15) is 4.79 Å². The van der Waals surface area contributed by atoms with Crippen LogP contribution in [0.25, 0.3) is 11.0 Å². The molecule has 0 fully saturated rings. The van der Waals surface area contributed by atoms with Crippen LogP contribution in [-0.4, -0.2) is 17.9 Å². The van der Waals surface area contributed by atoms with Crippen molar-refractivity contribution >= 4 is 32.8 Å². The van der Waals surface area contributed by atoms with Gasteiger partial charge in [0.25, 0.3) is 5.91 Å². The quantitative estimate of drug-likeness (QED) is 0.706. The van der Waals surface area contributed by atoms with Crippen LogP contribution in [0.2, 0.25) is 0 Å². The van der Waals surface area contributed by atoms with Crippen molar-refractivity contribution in [2.75, 3.05) is 7.05 Å². The van der Waals surface area contributed by atoms with Crippen LogP contribution in [0.1, 0.15) is 21.9 Å². The Balaban J connectivity index is 1.92. The first-order chi connectivity index (χ1) is 10.1. The van der Waals surface area contributed by atoms with Crippen molar-refractivity contribution in [2.45, 2.75) is 13.5 Å². The van der Waals surface area contributed by atoms with E-state index in [1.807, 2.05) is 31.2 Å². The van der Waals surface area contributed by atoms with Crippen LogP contribution in [0.15, 0.2) is 49.9 Å². The Kier molecular flexibility index (Phi) is 3.59. The highest BCUT2D eigenvalue weighted by Gasteiger charge is 2.21. The Morgan fingerprint density at radius 1 is 1.33 bits per heavy atom. The molecule has 0 N–H and O–H groups in total. The molecule has 1 aromatic carbocycles. The molecule has 4 nitrogen and oxygen atoms in total. The molecule has 0 saturated carbocycles. The van der Waals surface area contributed by atoms with Crippen molar-refractivity contribution in [3.63, 3.8) is 0 Å². The molecule has 0 aliphatic rings. The molecule has 0 aliphatic heterocycles. The maximum Gasteiger partial charge on any atom is 0.290 e. The molecular weight excluding hydrogens is 334 g/mol. The molecule has 108 valence electrons. The predicted octanol–water partition coefficient (Wildman–Crippen LogP) is 4.37. The Morgan fingerprint density at radius 3 is 2.86 bits per heavy atom. The first-order valence-corrected chi connectivity index (χ1v) is 7.32. The normalized spacial score (nSPS) is 11.0. The molecule has 0 saturated heterocycles. The lowest BCUT2D eigenvalue weighted by molar-refractivity contribution is 0.0745. The fourth-order valence-electron chi connectivity index (χ4n) is 2.28. The summed E-state index contributed by atoms with van der Waals surface area (Å²) in [5, 5.41) is 0.944. The van der Waals surface area contributed by atoms with E-state index >= 15 is 0 Å². The largest absolute Gasteiger partial charge is 0.467 e. The Morgan fingerprint density at radius 2 is 2.14 bits per heavy atom. The second kappa shape index (κ2) is 5.41. The second-order valence-electron chi connectivity index (χ2n) is 4.94. The van der Waals surface area contributed by atoms with E-state index < -0.39 is 0 Å². The van der Waals surface area contributed by atoms with Crippen LogP contribution in [0.5, 0.6) is 0 Å². The highest BCUT2D eigenvalue weighted by atomic mass is 79.9. The number of carbonyl (C=O) groups is 1. The Bertz CT molecular complexity index is 789. The van der Waals surface area contributed by atoms with E-state index in [0.717, 1.165) is 21.2 Å². The third kappa shape index (κ3) is 2.61. The van der Waals surface area contributed by atoms with Gasteiger partial charge in [-0.25, -0.2) is 0 Å². The third-order valence-corrected chi connectivity index (χ3v) is 3.91. The van der Waals surface area contributed by atoms with Gasteiger partial charge in [0.1, 0.15) is 11.3 Å². The molecule has 0 aliphatic carbocycles. The van der Waals surface area contributed by atoms with E-state index in [1.165, 1.54) is 0 Å². The Labute approximate surface area is 130 Å². The number of amides is 1. The highest BCUT2D eigenvalue weighted by molar-refractivity contribution is 9.10. The van der Waals surface area contributed by atoms with Crippen LogP contribution in [0.3, 0.4) is 0 Å². The average Bonchev–Trinajstić information content (AvgIpc) is 3.07. The summed E-state index contributed by atoms with van der Waals surface area (Å²) in [5.74, 6) is 0.954. The van der Waals surface area contributed by atoms with Gasteiger partial charge in [0.2, 0.25) is 0 Å². The molecule has 0 bridgehead atoms. The van der Waals surface area contributed by atoms with Crippen LogP contribution >= 0.6 is 15.9 Å². The summed E-state index contributed by atoms with van der Waals surface area (Å²) in [5.41, 5.74) is 1.56. The van der Waals surface area contributed by atoms with Gasteiger partial charge in [-0.1, -0.05) is 15.9 Å². The number of hydrogen-bond donors (Lipinski definition) is 0. The van der Waals surface area contributed by atoms with Gasteiger partial charge in [-0.05, 0) is 37.3 Å². The molecule has 21 heavy (non-hydrogen) atoms. The van der Waals surface area contributed by atoms with Gasteiger partial charge in [0.05, 0.1) is 12.8 Å². The fraction of sp³-hybridized carbons (Fsp3) is 0.188. The van der Waals surface area contributed by atoms with Gasteiger partial charge < -0.3 is 13.7 Å². The predicted molar refractivity (Wildman–Crippen MR) is 83.2 cm³/mol. The van der Waals surface area contributed by atoms with Crippen LogP contribution in [0, 0.1) is 6.92 Å². The molecule has 5 heteroatoms. The van der Waals surface area contributed by atoms with E-state index in [1.54, 1.807) is 24.3 Å². The van der Waals surface area contributed by atoms with Crippen LogP contribution in [0.4, 0.5) is 0 Å². The zero-order valence-electron chi connectivity index (χ0n) is 11.7. The van der Waals surface area contributed by atoms with Crippen molar-refractivity contribution in [3.8, 4) is 0 Å². The summed E-state index contributed by atoms with van der Waals surface area (Å²) < 4.78 is 11.9. The third-order valence-electron chi connectivity index (χ3n) is 3.41. The van der Waals surface area contributed by atoms with Crippen LogP contribution in [-0.2, 0) is 6.54 Å². The first kappa shape index (κ1) is 13.9. The number of fused-ring (bicyclic) bond motifs is 1. The number of benzene rings is 1. The molecular formula is C16H14BrNO3. The van der Waals surface area contributed by atoms with Crippen molar-refractivity contribution in [1.29, 1.82) is 0 Å². The number of rotatable bonds is 3. The molecule has 0 unspecified atom stereocenters. The van der Waals surface area contributed by atoms with E-state index in [0.29, 0.717) is 17.9 Å². The first-order valence-electron chi connectivity index (χ1n) is 6.53. The fourth-order valence-corrected chi connectivity index (χ4v) is 2.64. The van der Waals surface area contributed by atoms with Gasteiger partial charge in [0.15, 0.2) is 5.76 Å². The molecule has 0 radical (unpaired) electrons. The highest BCUT2D eigenvalue weighted by Crippen LogP contribution is 2.28. The van der Waals surface area contributed by atoms with Crippen molar-refractivity contribution in [2.24, 2.45) is 0 Å². The SMILES string of the molecule is Cc1c(C(=O)N(C)Cc2ccco2)oc2ccc(Br)cc12. The minimum atomic E-state index is -0.156. The number of nitrogens with zero attached hydrogens (tertiary/aromatic N) is 1. The van der Waals surface area contributed by atoms with Gasteiger partial charge in [-0.15, -0.1) is 0 Å². The molecule has 3 rings (SSSR count). The van der Waals surface area contributed by atoms with E-state index in [2.05, 4.69) is 15.9 Å². The van der Waals surface area contributed by atoms with Crippen LogP contribution < -0.4 is 0 Å². The van der Waals surface area contributed by atoms with Crippen molar-refractivity contribution in [3.05, 3.63) is 58.2 Å². The van der Waals surface area contributed by atoms with Crippen molar-refractivity contribution in [1.82, 2.24) is 4.90 Å². The van der Waals surface area contributed by atoms with E-state index in [4.69, 9.17) is 8.83 Å². The van der Waals surface area contributed by atoms with Gasteiger partial charge in [0, 0.05) is 22.5 Å². The minimum absolute atomic E-state index is 0.156. The zero-order valence-corrected chi connectivity index (χ0v) is 13.3. The monoisotopic (exact) mass is 347 g/mol. The van der Waals surface area contributed by atoms with Gasteiger partial charge in [-0.2, -0.15) is 0 Å². The molecule has 0 spiro atoms. The number of carbonyl (C=O) groups excluding carboxylic acids is 1. The molecule has 0 atom stereocenters. The number of hydrogen-bond acceptors (Lipinski definition) is 3. The van der Waals surface area contributed by atoms with Gasteiger partial charge >= 0.3 is 0 Å². The maximum atomic E-state index is 12.5. The lowest BCUT2D eigenvalue weighted by Crippen LogP contribution is -2.26. The maximum absolute atomic E-state index is 12.5. The van der Waals surface area contributed by atoms with Gasteiger partial charge in [-0.3, -0.25) is 4.79 Å². The molecule has 1 amide bonds. The summed E-state index contributed by atoms with van der Waals surface area (Å²) in [7, 11) is 1.73.